The number of hydrogen-bond donors (Lipinski definition) is 2. The minimum Gasteiger partial charge on any atom is -0.497 e. The van der Waals surface area contributed by atoms with E-state index in [-0.39, 0.29) is 5.69 Å². The zero-order valence-electron chi connectivity index (χ0n) is 11.2. The number of aromatic nitrogens is 2. The van der Waals surface area contributed by atoms with Gasteiger partial charge in [0.25, 0.3) is 5.69 Å². The molecule has 3 N–H and O–H groups in total. The van der Waals surface area contributed by atoms with Crippen LogP contribution in [-0.4, -0.2) is 22.0 Å². The van der Waals surface area contributed by atoms with Gasteiger partial charge in [-0.2, -0.15) is 0 Å². The highest BCUT2D eigenvalue weighted by Gasteiger charge is 2.13. The molecule has 3 aromatic rings. The average molecular weight is 284 g/mol. The number of benzene rings is 2. The van der Waals surface area contributed by atoms with Crippen LogP contribution in [0.2, 0.25) is 0 Å². The second-order valence-electron chi connectivity index (χ2n) is 4.50. The van der Waals surface area contributed by atoms with Crippen LogP contribution in [0.25, 0.3) is 22.4 Å². The molecule has 3 rings (SSSR count). The van der Waals surface area contributed by atoms with Crippen LogP contribution < -0.4 is 10.5 Å². The van der Waals surface area contributed by atoms with Gasteiger partial charge in [0.2, 0.25) is 0 Å². The summed E-state index contributed by atoms with van der Waals surface area (Å²) in [4.78, 5) is 17.8. The number of anilines is 1. The summed E-state index contributed by atoms with van der Waals surface area (Å²) in [6.45, 7) is 0. The van der Waals surface area contributed by atoms with Crippen molar-refractivity contribution < 1.29 is 9.66 Å². The monoisotopic (exact) mass is 284 g/mol. The van der Waals surface area contributed by atoms with Crippen LogP contribution in [0.3, 0.4) is 0 Å². The molecular formula is C14H12N4O3. The number of imidazole rings is 1. The molecule has 0 unspecified atom stereocenters. The van der Waals surface area contributed by atoms with E-state index in [0.29, 0.717) is 17.1 Å². The molecule has 1 aromatic heterocycles. The molecule has 21 heavy (non-hydrogen) atoms. The van der Waals surface area contributed by atoms with Crippen molar-refractivity contribution in [3.63, 3.8) is 0 Å². The number of nitrogens with one attached hydrogen (secondary N) is 1. The Labute approximate surface area is 119 Å². The summed E-state index contributed by atoms with van der Waals surface area (Å²) < 4.78 is 5.16. The van der Waals surface area contributed by atoms with Crippen molar-refractivity contribution in [2.75, 3.05) is 12.8 Å². The third kappa shape index (κ3) is 2.25. The smallest absolute Gasteiger partial charge is 0.271 e. The van der Waals surface area contributed by atoms with Crippen molar-refractivity contribution in [2.45, 2.75) is 0 Å². The second-order valence-corrected chi connectivity index (χ2v) is 4.50. The number of hydrogen-bond acceptors (Lipinski definition) is 5. The van der Waals surface area contributed by atoms with Gasteiger partial charge in [0.1, 0.15) is 11.6 Å². The third-order valence-electron chi connectivity index (χ3n) is 3.19. The van der Waals surface area contributed by atoms with Gasteiger partial charge in [-0.3, -0.25) is 10.1 Å². The first-order valence-corrected chi connectivity index (χ1v) is 6.16. The van der Waals surface area contributed by atoms with Crippen LogP contribution in [0.5, 0.6) is 5.75 Å². The molecule has 2 aromatic carbocycles. The lowest BCUT2D eigenvalue weighted by Crippen LogP contribution is -1.94. The first-order chi connectivity index (χ1) is 10.1. The highest BCUT2D eigenvalue weighted by molar-refractivity contribution is 5.83. The molecule has 0 radical (unpaired) electrons. The fourth-order valence-corrected chi connectivity index (χ4v) is 2.12. The summed E-state index contributed by atoms with van der Waals surface area (Å²) in [5, 5.41) is 10.7. The molecule has 0 spiro atoms. The molecule has 0 atom stereocenters. The number of nitrogen functional groups attached to an aromatic ring is 1. The van der Waals surface area contributed by atoms with E-state index in [9.17, 15) is 10.1 Å². The number of aromatic amines is 1. The highest BCUT2D eigenvalue weighted by atomic mass is 16.6. The van der Waals surface area contributed by atoms with Gasteiger partial charge < -0.3 is 15.5 Å². The summed E-state index contributed by atoms with van der Waals surface area (Å²) in [5.74, 6) is 1.28. The molecule has 0 bridgehead atoms. The van der Waals surface area contributed by atoms with Crippen LogP contribution in [0.1, 0.15) is 0 Å². The summed E-state index contributed by atoms with van der Waals surface area (Å²) in [6, 6.07) is 9.78. The maximum absolute atomic E-state index is 10.7. The summed E-state index contributed by atoms with van der Waals surface area (Å²) in [7, 11) is 1.59. The molecule has 7 nitrogen and oxygen atoms in total. The Morgan fingerprint density at radius 3 is 2.76 bits per heavy atom. The van der Waals surface area contributed by atoms with Gasteiger partial charge in [0.05, 0.1) is 23.1 Å². The van der Waals surface area contributed by atoms with E-state index in [1.165, 1.54) is 12.1 Å². The van der Waals surface area contributed by atoms with E-state index in [1.54, 1.807) is 13.2 Å². The Morgan fingerprint density at radius 1 is 1.29 bits per heavy atom. The van der Waals surface area contributed by atoms with Crippen LogP contribution in [-0.2, 0) is 0 Å². The van der Waals surface area contributed by atoms with Crippen molar-refractivity contribution in [2.24, 2.45) is 0 Å². The number of ether oxygens (including phenoxy) is 1. The lowest BCUT2D eigenvalue weighted by Gasteiger charge is -2.01. The topological polar surface area (TPSA) is 107 Å². The summed E-state index contributed by atoms with van der Waals surface area (Å²) >= 11 is 0. The Kier molecular flexibility index (Phi) is 2.94. The zero-order valence-corrected chi connectivity index (χ0v) is 11.2. The molecule has 0 amide bonds. The van der Waals surface area contributed by atoms with Crippen molar-refractivity contribution in [3.8, 4) is 17.1 Å². The maximum Gasteiger partial charge on any atom is 0.271 e. The summed E-state index contributed by atoms with van der Waals surface area (Å²) in [6.07, 6.45) is 0. The van der Waals surface area contributed by atoms with Crippen molar-refractivity contribution in [3.05, 3.63) is 46.5 Å². The number of nitrogens with two attached hydrogens (primary N) is 1. The predicted molar refractivity (Wildman–Crippen MR) is 79.1 cm³/mol. The fraction of sp³-hybridized carbons (Fsp3) is 0.0714. The van der Waals surface area contributed by atoms with Crippen LogP contribution >= 0.6 is 0 Å². The minimum atomic E-state index is -0.482. The highest BCUT2D eigenvalue weighted by Crippen LogP contribution is 2.29. The Hall–Kier alpha value is -3.09. The zero-order chi connectivity index (χ0) is 15.0. The SMILES string of the molecule is COc1ccc2nc(-c3ccc([N+](=O)[O-])cc3N)[nH]c2c1. The molecule has 0 saturated heterocycles. The van der Waals surface area contributed by atoms with Gasteiger partial charge in [-0.1, -0.05) is 0 Å². The molecule has 7 heteroatoms. The predicted octanol–water partition coefficient (Wildman–Crippen LogP) is 2.73. The third-order valence-corrected chi connectivity index (χ3v) is 3.19. The molecule has 0 aliphatic carbocycles. The van der Waals surface area contributed by atoms with Gasteiger partial charge in [-0.05, 0) is 18.2 Å². The number of methoxy groups -OCH3 is 1. The quantitative estimate of drug-likeness (QED) is 0.437. The summed E-state index contributed by atoms with van der Waals surface area (Å²) in [5.41, 5.74) is 8.33. The minimum absolute atomic E-state index is 0.0472. The number of nitro benzene ring substituents is 1. The number of nitro groups is 1. The molecule has 0 fully saturated rings. The van der Waals surface area contributed by atoms with Crippen molar-refractivity contribution >= 4 is 22.4 Å². The number of H-pyrrole nitrogens is 1. The van der Waals surface area contributed by atoms with E-state index in [1.807, 2.05) is 18.2 Å². The second kappa shape index (κ2) is 4.78. The van der Waals surface area contributed by atoms with E-state index in [2.05, 4.69) is 9.97 Å². The number of nitrogens with zero attached hydrogens (tertiary/aromatic N) is 2. The lowest BCUT2D eigenvalue weighted by atomic mass is 10.1. The van der Waals surface area contributed by atoms with E-state index in [4.69, 9.17) is 10.5 Å². The molecule has 0 aliphatic rings. The molecule has 0 aliphatic heterocycles. The normalized spacial score (nSPS) is 10.7. The van der Waals surface area contributed by atoms with Crippen LogP contribution in [0, 0.1) is 10.1 Å². The Balaban J connectivity index is 2.09. The fourth-order valence-electron chi connectivity index (χ4n) is 2.12. The number of non-ortho nitro benzene ring substituents is 1. The Bertz CT molecular complexity index is 841. The Morgan fingerprint density at radius 2 is 2.10 bits per heavy atom. The first-order valence-electron chi connectivity index (χ1n) is 6.16. The lowest BCUT2D eigenvalue weighted by molar-refractivity contribution is -0.384. The maximum atomic E-state index is 10.7. The standard InChI is InChI=1S/C14H12N4O3/c1-21-9-3-5-12-13(7-9)17-14(16-12)10-4-2-8(18(19)20)6-11(10)15/h2-7H,15H2,1H3,(H,16,17). The van der Waals surface area contributed by atoms with Gasteiger partial charge in [-0.15, -0.1) is 0 Å². The van der Waals surface area contributed by atoms with Crippen LogP contribution in [0.4, 0.5) is 11.4 Å². The first kappa shape index (κ1) is 12.9. The van der Waals surface area contributed by atoms with E-state index in [0.717, 1.165) is 16.8 Å². The van der Waals surface area contributed by atoms with E-state index < -0.39 is 4.92 Å². The largest absolute Gasteiger partial charge is 0.497 e. The molecular weight excluding hydrogens is 272 g/mol. The number of rotatable bonds is 3. The van der Waals surface area contributed by atoms with Crippen molar-refractivity contribution in [1.29, 1.82) is 0 Å². The molecule has 1 heterocycles. The number of fused-ring (bicyclic) bond motifs is 1. The van der Waals surface area contributed by atoms with Gasteiger partial charge in [-0.25, -0.2) is 4.98 Å². The molecule has 0 saturated carbocycles. The van der Waals surface area contributed by atoms with Crippen LogP contribution in [0.15, 0.2) is 36.4 Å². The van der Waals surface area contributed by atoms with E-state index >= 15 is 0 Å². The van der Waals surface area contributed by atoms with Gasteiger partial charge >= 0.3 is 0 Å². The van der Waals surface area contributed by atoms with Gasteiger partial charge in [0, 0.05) is 29.4 Å². The van der Waals surface area contributed by atoms with Gasteiger partial charge in [0.15, 0.2) is 0 Å². The molecule has 106 valence electrons. The average Bonchev–Trinajstić information content (AvgIpc) is 2.89. The van der Waals surface area contributed by atoms with Crippen molar-refractivity contribution in [1.82, 2.24) is 9.97 Å².